The Bertz CT molecular complexity index is 1740. The first-order chi connectivity index (χ1) is 17.9. The van der Waals surface area contributed by atoms with Gasteiger partial charge in [0.2, 0.25) is 0 Å². The van der Waals surface area contributed by atoms with Crippen LogP contribution in [0.15, 0.2) is 99.4 Å². The molecule has 0 amide bonds. The van der Waals surface area contributed by atoms with E-state index in [9.17, 15) is 25.0 Å². The molecule has 0 aliphatic heterocycles. The summed E-state index contributed by atoms with van der Waals surface area (Å²) in [5.74, 6) is 0. The summed E-state index contributed by atoms with van der Waals surface area (Å²) < 4.78 is 7.04. The summed E-state index contributed by atoms with van der Waals surface area (Å²) in [5, 5.41) is 31.7. The zero-order chi connectivity index (χ0) is 25.9. The molecule has 0 saturated carbocycles. The number of nitrogens with one attached hydrogen (secondary N) is 1. The fourth-order valence-electron chi connectivity index (χ4n) is 3.68. The van der Waals surface area contributed by atoms with Crippen LogP contribution in [-0.2, 0) is 0 Å². The highest BCUT2D eigenvalue weighted by Gasteiger charge is 2.20. The van der Waals surface area contributed by atoms with E-state index in [1.165, 1.54) is 12.3 Å². The molecule has 5 rings (SSSR count). The van der Waals surface area contributed by atoms with Crippen molar-refractivity contribution in [3.8, 4) is 16.9 Å². The van der Waals surface area contributed by atoms with Gasteiger partial charge in [-0.3, -0.25) is 25.7 Å². The Hall–Kier alpha value is -5.65. The Morgan fingerprint density at radius 1 is 0.946 bits per heavy atom. The van der Waals surface area contributed by atoms with Crippen LogP contribution < -0.4 is 11.1 Å². The van der Waals surface area contributed by atoms with Gasteiger partial charge in [0.1, 0.15) is 17.0 Å². The van der Waals surface area contributed by atoms with Gasteiger partial charge in [0.15, 0.2) is 0 Å². The van der Waals surface area contributed by atoms with Crippen molar-refractivity contribution in [2.45, 2.75) is 0 Å². The van der Waals surface area contributed by atoms with Crippen LogP contribution in [0.25, 0.3) is 27.9 Å². The Balaban J connectivity index is 1.57. The maximum atomic E-state index is 12.8. The number of hydrogen-bond donors (Lipinski definition) is 1. The van der Waals surface area contributed by atoms with Gasteiger partial charge in [0.05, 0.1) is 33.4 Å². The molecule has 3 aromatic carbocycles. The second-order valence-corrected chi connectivity index (χ2v) is 7.78. The van der Waals surface area contributed by atoms with E-state index in [4.69, 9.17) is 4.42 Å². The number of anilines is 1. The molecule has 0 bridgehead atoms. The van der Waals surface area contributed by atoms with Crippen LogP contribution in [0, 0.1) is 20.2 Å². The SMILES string of the molecule is O=c1oc2ccccc2cc1-c1nn(-c2ccccc2)cc1/C=N/Nc1ccc([N+](=O)[O-])cc1[N+](=O)[O-]. The molecular formula is C25H16N6O6. The summed E-state index contributed by atoms with van der Waals surface area (Å²) in [6.07, 6.45) is 3.00. The molecule has 12 nitrogen and oxygen atoms in total. The van der Waals surface area contributed by atoms with E-state index in [-0.39, 0.29) is 16.9 Å². The lowest BCUT2D eigenvalue weighted by Crippen LogP contribution is -2.05. The van der Waals surface area contributed by atoms with E-state index < -0.39 is 26.8 Å². The Kier molecular flexibility index (Phi) is 5.96. The van der Waals surface area contributed by atoms with Gasteiger partial charge in [0.25, 0.3) is 5.69 Å². The third kappa shape index (κ3) is 4.66. The Morgan fingerprint density at radius 3 is 2.46 bits per heavy atom. The highest BCUT2D eigenvalue weighted by Crippen LogP contribution is 2.29. The average molecular weight is 496 g/mol. The quantitative estimate of drug-likeness (QED) is 0.144. The van der Waals surface area contributed by atoms with Crippen molar-refractivity contribution >= 4 is 34.2 Å². The predicted molar refractivity (Wildman–Crippen MR) is 136 cm³/mol. The third-order valence-corrected chi connectivity index (χ3v) is 5.44. The molecule has 5 aromatic rings. The van der Waals surface area contributed by atoms with Gasteiger partial charge < -0.3 is 4.42 Å². The molecule has 2 aromatic heterocycles. The second kappa shape index (κ2) is 9.54. The van der Waals surface area contributed by atoms with E-state index >= 15 is 0 Å². The van der Waals surface area contributed by atoms with Crippen molar-refractivity contribution in [2.24, 2.45) is 5.10 Å². The summed E-state index contributed by atoms with van der Waals surface area (Å²) in [6.45, 7) is 0. The number of rotatable bonds is 7. The van der Waals surface area contributed by atoms with Crippen LogP contribution >= 0.6 is 0 Å². The molecule has 2 heterocycles. The van der Waals surface area contributed by atoms with Gasteiger partial charge in [-0.25, -0.2) is 9.48 Å². The fourth-order valence-corrected chi connectivity index (χ4v) is 3.68. The first-order valence-corrected chi connectivity index (χ1v) is 10.8. The molecule has 12 heteroatoms. The molecule has 0 aliphatic carbocycles. The fraction of sp³-hybridized carbons (Fsp3) is 0. The molecule has 0 saturated heterocycles. The average Bonchev–Trinajstić information content (AvgIpc) is 3.32. The molecule has 1 N–H and O–H groups in total. The second-order valence-electron chi connectivity index (χ2n) is 7.78. The van der Waals surface area contributed by atoms with Crippen molar-refractivity contribution in [1.82, 2.24) is 9.78 Å². The molecular weight excluding hydrogens is 480 g/mol. The normalized spacial score (nSPS) is 11.1. The summed E-state index contributed by atoms with van der Waals surface area (Å²) in [6, 6.07) is 21.1. The lowest BCUT2D eigenvalue weighted by Gasteiger charge is -2.02. The number of aromatic nitrogens is 2. The monoisotopic (exact) mass is 496 g/mol. The van der Waals surface area contributed by atoms with Gasteiger partial charge in [-0.2, -0.15) is 10.2 Å². The number of fused-ring (bicyclic) bond motifs is 1. The molecule has 0 unspecified atom stereocenters. The lowest BCUT2D eigenvalue weighted by molar-refractivity contribution is -0.393. The van der Waals surface area contributed by atoms with Crippen LogP contribution in [-0.4, -0.2) is 25.8 Å². The summed E-state index contributed by atoms with van der Waals surface area (Å²) >= 11 is 0. The largest absolute Gasteiger partial charge is 0.422 e. The van der Waals surface area contributed by atoms with Crippen LogP contribution in [0.3, 0.4) is 0 Å². The molecule has 0 spiro atoms. The lowest BCUT2D eigenvalue weighted by atomic mass is 10.1. The van der Waals surface area contributed by atoms with Crippen molar-refractivity contribution in [1.29, 1.82) is 0 Å². The maximum absolute atomic E-state index is 12.8. The maximum Gasteiger partial charge on any atom is 0.345 e. The number of nitro benzene ring substituents is 2. The number of hydrazone groups is 1. The number of nitro groups is 2. The highest BCUT2D eigenvalue weighted by atomic mass is 16.6. The van der Waals surface area contributed by atoms with Crippen molar-refractivity contribution < 1.29 is 14.3 Å². The van der Waals surface area contributed by atoms with Crippen LogP contribution in [0.1, 0.15) is 5.56 Å². The van der Waals surface area contributed by atoms with Crippen molar-refractivity contribution in [3.63, 3.8) is 0 Å². The summed E-state index contributed by atoms with van der Waals surface area (Å²) in [5.41, 5.74) is 3.05. The Labute approximate surface area is 207 Å². The molecule has 0 aliphatic rings. The van der Waals surface area contributed by atoms with E-state index in [2.05, 4.69) is 15.6 Å². The first kappa shape index (κ1) is 23.1. The smallest absolute Gasteiger partial charge is 0.345 e. The first-order valence-electron chi connectivity index (χ1n) is 10.8. The summed E-state index contributed by atoms with van der Waals surface area (Å²) in [7, 11) is 0. The third-order valence-electron chi connectivity index (χ3n) is 5.44. The molecule has 0 radical (unpaired) electrons. The number of non-ortho nitro benzene ring substituents is 1. The minimum atomic E-state index is -0.746. The van der Waals surface area contributed by atoms with Gasteiger partial charge in [-0.15, -0.1) is 0 Å². The predicted octanol–water partition coefficient (Wildman–Crippen LogP) is 4.91. The molecule has 0 atom stereocenters. The summed E-state index contributed by atoms with van der Waals surface area (Å²) in [4.78, 5) is 33.7. The van der Waals surface area contributed by atoms with E-state index in [0.29, 0.717) is 16.5 Å². The van der Waals surface area contributed by atoms with E-state index in [1.807, 2.05) is 36.4 Å². The van der Waals surface area contributed by atoms with E-state index in [0.717, 1.165) is 17.8 Å². The highest BCUT2D eigenvalue weighted by molar-refractivity contribution is 5.91. The minimum Gasteiger partial charge on any atom is -0.422 e. The van der Waals surface area contributed by atoms with E-state index in [1.54, 1.807) is 35.1 Å². The number of para-hydroxylation sites is 2. The zero-order valence-electron chi connectivity index (χ0n) is 18.8. The van der Waals surface area contributed by atoms with Crippen LogP contribution in [0.2, 0.25) is 0 Å². The minimum absolute atomic E-state index is 0.0472. The van der Waals surface area contributed by atoms with Crippen molar-refractivity contribution in [3.05, 3.63) is 121 Å². The number of nitrogens with zero attached hydrogens (tertiary/aromatic N) is 5. The van der Waals surface area contributed by atoms with Crippen LogP contribution in [0.4, 0.5) is 17.1 Å². The zero-order valence-corrected chi connectivity index (χ0v) is 18.8. The molecule has 182 valence electrons. The van der Waals surface area contributed by atoms with Gasteiger partial charge in [0, 0.05) is 23.2 Å². The number of hydrogen-bond acceptors (Lipinski definition) is 9. The topological polar surface area (TPSA) is 159 Å². The van der Waals surface area contributed by atoms with Gasteiger partial charge in [-0.05, 0) is 30.3 Å². The van der Waals surface area contributed by atoms with Gasteiger partial charge in [-0.1, -0.05) is 36.4 Å². The molecule has 0 fully saturated rings. The molecule has 37 heavy (non-hydrogen) atoms. The van der Waals surface area contributed by atoms with Crippen LogP contribution in [0.5, 0.6) is 0 Å². The number of benzene rings is 3. The standard InChI is InChI=1S/C25H16N6O6/c32-25-20(12-16-6-4-5-9-23(16)37-25)24-17(15-29(28-24)18-7-2-1-3-8-18)14-26-27-21-11-10-19(30(33)34)13-22(21)31(35)36/h1-15,27H/b26-14+. The van der Waals surface area contributed by atoms with Crippen molar-refractivity contribution in [2.75, 3.05) is 5.43 Å². The Morgan fingerprint density at radius 2 is 1.70 bits per heavy atom. The van der Waals surface area contributed by atoms with Gasteiger partial charge >= 0.3 is 11.3 Å².